The lowest BCUT2D eigenvalue weighted by Gasteiger charge is -1.96. The van der Waals surface area contributed by atoms with Crippen LogP contribution in [0.5, 0.6) is 0 Å². The Hall–Kier alpha value is -0.150. The highest BCUT2D eigenvalue weighted by Crippen LogP contribution is 2.02. The van der Waals surface area contributed by atoms with Gasteiger partial charge in [0.15, 0.2) is 0 Å². The third kappa shape index (κ3) is 12.9. The van der Waals surface area contributed by atoms with Gasteiger partial charge in [0, 0.05) is 12.3 Å². The molecule has 0 rings (SSSR count). The number of nitrogens with two attached hydrogens (primary N) is 1. The second-order valence-electron chi connectivity index (χ2n) is 1.62. The third-order valence-corrected chi connectivity index (χ3v) is 1.87. The maximum Gasteiger partial charge on any atom is 0.0978 e. The van der Waals surface area contributed by atoms with Gasteiger partial charge in [0.1, 0.15) is 0 Å². The fourth-order valence-electron chi connectivity index (χ4n) is 0.343. The van der Waals surface area contributed by atoms with E-state index in [1.54, 1.807) is 17.8 Å². The smallest absolute Gasteiger partial charge is 0.0978 e. The molecule has 0 aliphatic heterocycles. The van der Waals surface area contributed by atoms with Gasteiger partial charge in [-0.25, -0.2) is 0 Å². The first-order valence-corrected chi connectivity index (χ1v) is 5.08. The molecule has 11 heavy (non-hydrogen) atoms. The van der Waals surface area contributed by atoms with Crippen molar-refractivity contribution in [2.24, 2.45) is 5.73 Å². The summed E-state index contributed by atoms with van der Waals surface area (Å²) in [6, 6.07) is 0. The SMILES string of the molecule is C/C=C(\O)CSCCN.CC. The topological polar surface area (TPSA) is 46.2 Å². The van der Waals surface area contributed by atoms with Gasteiger partial charge < -0.3 is 10.8 Å². The molecule has 0 saturated heterocycles. The molecule has 0 fully saturated rings. The van der Waals surface area contributed by atoms with Crippen LogP contribution in [0.2, 0.25) is 0 Å². The van der Waals surface area contributed by atoms with Crippen LogP contribution in [-0.4, -0.2) is 23.2 Å². The fourth-order valence-corrected chi connectivity index (χ4v) is 1.03. The molecule has 3 heteroatoms. The monoisotopic (exact) mass is 177 g/mol. The standard InChI is InChI=1S/C6H13NOS.C2H6/c1-2-6(8)5-9-4-3-7;1-2/h2,8H,3-5,7H2,1H3;1-2H3/b6-2-;. The molecule has 0 unspecified atom stereocenters. The van der Waals surface area contributed by atoms with Gasteiger partial charge in [0.25, 0.3) is 0 Å². The van der Waals surface area contributed by atoms with E-state index in [-0.39, 0.29) is 0 Å². The van der Waals surface area contributed by atoms with Crippen molar-refractivity contribution in [3.8, 4) is 0 Å². The number of hydrogen-bond acceptors (Lipinski definition) is 3. The van der Waals surface area contributed by atoms with E-state index in [0.29, 0.717) is 18.1 Å². The zero-order valence-corrected chi connectivity index (χ0v) is 8.45. The van der Waals surface area contributed by atoms with E-state index in [1.807, 2.05) is 20.8 Å². The number of aliphatic hydroxyl groups excluding tert-OH is 1. The van der Waals surface area contributed by atoms with Gasteiger partial charge in [-0.05, 0) is 13.0 Å². The fraction of sp³-hybridized carbons (Fsp3) is 0.750. The van der Waals surface area contributed by atoms with Crippen molar-refractivity contribution < 1.29 is 5.11 Å². The summed E-state index contributed by atoms with van der Waals surface area (Å²) >= 11 is 1.64. The van der Waals surface area contributed by atoms with Crippen molar-refractivity contribution in [3.05, 3.63) is 11.8 Å². The van der Waals surface area contributed by atoms with E-state index in [0.717, 1.165) is 5.75 Å². The summed E-state index contributed by atoms with van der Waals surface area (Å²) < 4.78 is 0. The average Bonchev–Trinajstić information content (AvgIpc) is 2.08. The third-order valence-electron chi connectivity index (χ3n) is 0.845. The first-order chi connectivity index (χ1) is 5.31. The molecule has 0 aromatic heterocycles. The van der Waals surface area contributed by atoms with Gasteiger partial charge >= 0.3 is 0 Å². The zero-order valence-electron chi connectivity index (χ0n) is 7.63. The summed E-state index contributed by atoms with van der Waals surface area (Å²) in [6.07, 6.45) is 1.70. The molecule has 0 radical (unpaired) electrons. The molecule has 0 aromatic rings. The van der Waals surface area contributed by atoms with Crippen molar-refractivity contribution in [1.29, 1.82) is 0 Å². The molecule has 0 atom stereocenters. The van der Waals surface area contributed by atoms with Crippen molar-refractivity contribution in [1.82, 2.24) is 0 Å². The summed E-state index contributed by atoms with van der Waals surface area (Å²) in [5.41, 5.74) is 5.23. The van der Waals surface area contributed by atoms with Crippen molar-refractivity contribution in [3.63, 3.8) is 0 Å². The normalized spacial score (nSPS) is 10.4. The average molecular weight is 177 g/mol. The van der Waals surface area contributed by atoms with Gasteiger partial charge in [-0.2, -0.15) is 11.8 Å². The molecule has 0 heterocycles. The van der Waals surface area contributed by atoms with Crippen LogP contribution in [0.15, 0.2) is 11.8 Å². The van der Waals surface area contributed by atoms with Crippen molar-refractivity contribution in [2.75, 3.05) is 18.1 Å². The predicted molar refractivity (Wildman–Crippen MR) is 54.1 cm³/mol. The van der Waals surface area contributed by atoms with Crippen LogP contribution in [0, 0.1) is 0 Å². The molecule has 0 aliphatic carbocycles. The highest BCUT2D eigenvalue weighted by molar-refractivity contribution is 7.99. The highest BCUT2D eigenvalue weighted by atomic mass is 32.2. The van der Waals surface area contributed by atoms with Crippen molar-refractivity contribution >= 4 is 11.8 Å². The minimum atomic E-state index is 0.438. The van der Waals surface area contributed by atoms with E-state index < -0.39 is 0 Å². The number of allylic oxidation sites excluding steroid dienone is 1. The quantitative estimate of drug-likeness (QED) is 0.511. The Morgan fingerprint density at radius 1 is 1.55 bits per heavy atom. The van der Waals surface area contributed by atoms with Gasteiger partial charge in [0.2, 0.25) is 0 Å². The van der Waals surface area contributed by atoms with E-state index in [4.69, 9.17) is 10.8 Å². The molecule has 0 amide bonds. The Morgan fingerprint density at radius 2 is 2.09 bits per heavy atom. The van der Waals surface area contributed by atoms with Gasteiger partial charge in [-0.3, -0.25) is 0 Å². The molecule has 68 valence electrons. The first kappa shape index (κ1) is 13.4. The van der Waals surface area contributed by atoms with Crippen LogP contribution in [0.4, 0.5) is 0 Å². The lowest BCUT2D eigenvalue weighted by molar-refractivity contribution is 0.416. The number of rotatable bonds is 4. The Morgan fingerprint density at radius 3 is 2.45 bits per heavy atom. The summed E-state index contributed by atoms with van der Waals surface area (Å²) in [5, 5.41) is 8.88. The number of thioether (sulfide) groups is 1. The molecule has 0 spiro atoms. The Kier molecular flexibility index (Phi) is 15.3. The first-order valence-electron chi connectivity index (χ1n) is 3.93. The Bertz CT molecular complexity index is 94.1. The Labute approximate surface area is 73.9 Å². The largest absolute Gasteiger partial charge is 0.512 e. The highest BCUT2D eigenvalue weighted by Gasteiger charge is 1.89. The van der Waals surface area contributed by atoms with Crippen LogP contribution in [-0.2, 0) is 0 Å². The summed E-state index contributed by atoms with van der Waals surface area (Å²) in [6.45, 7) is 6.50. The number of aliphatic hydroxyl groups is 1. The zero-order chi connectivity index (χ0) is 9.11. The van der Waals surface area contributed by atoms with Gasteiger partial charge in [-0.1, -0.05) is 13.8 Å². The van der Waals surface area contributed by atoms with Crippen LogP contribution in [0.25, 0.3) is 0 Å². The van der Waals surface area contributed by atoms with Crippen LogP contribution in [0.3, 0.4) is 0 Å². The molecule has 0 aliphatic rings. The maximum absolute atomic E-state index is 8.88. The lowest BCUT2D eigenvalue weighted by Crippen LogP contribution is -2.02. The van der Waals surface area contributed by atoms with E-state index in [2.05, 4.69) is 0 Å². The second-order valence-corrected chi connectivity index (χ2v) is 2.73. The maximum atomic E-state index is 8.88. The Balaban J connectivity index is 0. The summed E-state index contributed by atoms with van der Waals surface area (Å²) in [4.78, 5) is 0. The predicted octanol–water partition coefficient (Wildman–Crippen LogP) is 2.17. The summed E-state index contributed by atoms with van der Waals surface area (Å²) in [7, 11) is 0. The molecule has 0 aromatic carbocycles. The lowest BCUT2D eigenvalue weighted by atomic mass is 10.5. The van der Waals surface area contributed by atoms with E-state index in [9.17, 15) is 0 Å². The molecular weight excluding hydrogens is 158 g/mol. The molecule has 0 bridgehead atoms. The van der Waals surface area contributed by atoms with Crippen LogP contribution >= 0.6 is 11.8 Å². The molecule has 3 N–H and O–H groups in total. The van der Waals surface area contributed by atoms with Crippen LogP contribution < -0.4 is 5.73 Å². The van der Waals surface area contributed by atoms with Gasteiger partial charge in [0.05, 0.1) is 11.5 Å². The van der Waals surface area contributed by atoms with Crippen molar-refractivity contribution in [2.45, 2.75) is 20.8 Å². The molecular formula is C8H19NOS. The number of hydrogen-bond donors (Lipinski definition) is 2. The van der Waals surface area contributed by atoms with Gasteiger partial charge in [-0.15, -0.1) is 0 Å². The minimum Gasteiger partial charge on any atom is -0.512 e. The summed E-state index contributed by atoms with van der Waals surface area (Å²) in [5.74, 6) is 2.04. The molecule has 2 nitrogen and oxygen atoms in total. The van der Waals surface area contributed by atoms with E-state index in [1.165, 1.54) is 0 Å². The minimum absolute atomic E-state index is 0.438. The van der Waals surface area contributed by atoms with Crippen LogP contribution in [0.1, 0.15) is 20.8 Å². The second kappa shape index (κ2) is 12.5. The molecule has 0 saturated carbocycles. The van der Waals surface area contributed by atoms with E-state index >= 15 is 0 Å².